The van der Waals surface area contributed by atoms with Gasteiger partial charge in [-0.15, -0.1) is 0 Å². The molecule has 0 saturated carbocycles. The normalized spacial score (nSPS) is 28.7. The lowest BCUT2D eigenvalue weighted by Crippen LogP contribution is -2.48. The van der Waals surface area contributed by atoms with Gasteiger partial charge in [-0.1, -0.05) is 0 Å². The van der Waals surface area contributed by atoms with Gasteiger partial charge in [0, 0.05) is 32.8 Å². The van der Waals surface area contributed by atoms with E-state index < -0.39 is 10.2 Å². The molecule has 0 aliphatic carbocycles. The van der Waals surface area contributed by atoms with Crippen LogP contribution in [0.25, 0.3) is 0 Å². The molecule has 2 atom stereocenters. The second kappa shape index (κ2) is 7.04. The number of hydrogen-bond donors (Lipinski definition) is 1. The Balaban J connectivity index is 2.01. The summed E-state index contributed by atoms with van der Waals surface area (Å²) in [5, 5.41) is 9.14. The summed E-state index contributed by atoms with van der Waals surface area (Å²) in [5.74, 6) is -0.665. The molecule has 2 fully saturated rings. The van der Waals surface area contributed by atoms with Crippen molar-refractivity contribution in [2.45, 2.75) is 26.2 Å². The van der Waals surface area contributed by atoms with Gasteiger partial charge in [0.1, 0.15) is 0 Å². The molecule has 8 heteroatoms. The van der Waals surface area contributed by atoms with E-state index in [1.165, 1.54) is 8.61 Å². The third kappa shape index (κ3) is 3.74. The maximum Gasteiger partial charge on any atom is 0.310 e. The van der Waals surface area contributed by atoms with Gasteiger partial charge in [-0.25, -0.2) is 0 Å². The van der Waals surface area contributed by atoms with Gasteiger partial charge < -0.3 is 9.84 Å². The van der Waals surface area contributed by atoms with E-state index >= 15 is 0 Å². The Morgan fingerprint density at radius 2 is 1.95 bits per heavy atom. The molecule has 2 aliphatic rings. The van der Waals surface area contributed by atoms with E-state index in [4.69, 9.17) is 9.84 Å². The summed E-state index contributed by atoms with van der Waals surface area (Å²) >= 11 is 0. The number of rotatable bonds is 5. The molecule has 7 nitrogen and oxygen atoms in total. The smallest absolute Gasteiger partial charge is 0.310 e. The molecule has 2 unspecified atom stereocenters. The van der Waals surface area contributed by atoms with Crippen molar-refractivity contribution in [1.29, 1.82) is 0 Å². The summed E-state index contributed by atoms with van der Waals surface area (Å²) in [6.07, 6.45) is 2.02. The topological polar surface area (TPSA) is 87.2 Å². The fourth-order valence-corrected chi connectivity index (χ4v) is 4.71. The van der Waals surface area contributed by atoms with Crippen LogP contribution in [0.4, 0.5) is 0 Å². The van der Waals surface area contributed by atoms with E-state index in [0.29, 0.717) is 45.5 Å². The zero-order chi connectivity index (χ0) is 15.5. The molecule has 0 aromatic rings. The predicted molar refractivity (Wildman–Crippen MR) is 76.6 cm³/mol. The van der Waals surface area contributed by atoms with Crippen LogP contribution in [-0.2, 0) is 19.7 Å². The minimum absolute atomic E-state index is 0.0114. The number of aliphatic hydroxyl groups is 1. The van der Waals surface area contributed by atoms with Gasteiger partial charge in [-0.05, 0) is 32.1 Å². The molecule has 2 saturated heterocycles. The summed E-state index contributed by atoms with van der Waals surface area (Å²) in [6.45, 7) is 3.51. The van der Waals surface area contributed by atoms with E-state index in [1.807, 2.05) is 0 Å². The number of piperidine rings is 1. The number of hydrogen-bond acceptors (Lipinski definition) is 5. The van der Waals surface area contributed by atoms with Crippen molar-refractivity contribution in [2.24, 2.45) is 11.8 Å². The summed E-state index contributed by atoms with van der Waals surface area (Å²) < 4.78 is 33.0. The molecule has 21 heavy (non-hydrogen) atoms. The number of carbonyl (C=O) groups excluding carboxylic acids is 1. The van der Waals surface area contributed by atoms with E-state index in [-0.39, 0.29) is 31.0 Å². The Bertz CT molecular complexity index is 467. The van der Waals surface area contributed by atoms with Crippen LogP contribution in [-0.4, -0.2) is 67.5 Å². The summed E-state index contributed by atoms with van der Waals surface area (Å²) in [6, 6.07) is 0. The maximum atomic E-state index is 12.6. The fourth-order valence-electron chi connectivity index (χ4n) is 2.92. The highest BCUT2D eigenvalue weighted by atomic mass is 32.2. The van der Waals surface area contributed by atoms with Gasteiger partial charge in [0.25, 0.3) is 10.2 Å². The van der Waals surface area contributed by atoms with Gasteiger partial charge in [0.05, 0.1) is 12.5 Å². The van der Waals surface area contributed by atoms with Crippen molar-refractivity contribution in [3.8, 4) is 0 Å². The fraction of sp³-hybridized carbons (Fsp3) is 0.923. The Morgan fingerprint density at radius 3 is 2.57 bits per heavy atom. The minimum atomic E-state index is -3.54. The van der Waals surface area contributed by atoms with E-state index in [2.05, 4.69) is 0 Å². The molecule has 0 bridgehead atoms. The molecule has 0 amide bonds. The van der Waals surface area contributed by atoms with Crippen LogP contribution in [0.5, 0.6) is 0 Å². The largest absolute Gasteiger partial charge is 0.466 e. The first-order valence-electron chi connectivity index (χ1n) is 7.51. The van der Waals surface area contributed by atoms with Crippen molar-refractivity contribution in [3.05, 3.63) is 0 Å². The van der Waals surface area contributed by atoms with E-state index in [9.17, 15) is 13.2 Å². The number of nitrogens with zero attached hydrogens (tertiary/aromatic N) is 2. The average Bonchev–Trinajstić information content (AvgIpc) is 2.97. The van der Waals surface area contributed by atoms with Gasteiger partial charge in [0.2, 0.25) is 0 Å². The summed E-state index contributed by atoms with van der Waals surface area (Å²) in [4.78, 5) is 11.8. The van der Waals surface area contributed by atoms with Crippen LogP contribution in [0.15, 0.2) is 0 Å². The van der Waals surface area contributed by atoms with Crippen LogP contribution >= 0.6 is 0 Å². The molecule has 122 valence electrons. The second-order valence-corrected chi connectivity index (χ2v) is 7.58. The van der Waals surface area contributed by atoms with Crippen LogP contribution in [0.1, 0.15) is 26.2 Å². The van der Waals surface area contributed by atoms with Gasteiger partial charge in [-0.3, -0.25) is 4.79 Å². The maximum absolute atomic E-state index is 12.6. The standard InChI is InChI=1S/C13H24N2O5S/c1-2-20-13(17)12-4-3-6-14(9-12)21(18,19)15-7-5-11(8-15)10-16/h11-12,16H,2-10H2,1H3. The SMILES string of the molecule is CCOC(=O)C1CCCN(S(=O)(=O)N2CCC(CO)C2)C1. The highest BCUT2D eigenvalue weighted by molar-refractivity contribution is 7.86. The monoisotopic (exact) mass is 320 g/mol. The number of aliphatic hydroxyl groups excluding tert-OH is 1. The first-order chi connectivity index (χ1) is 9.98. The first kappa shape index (κ1) is 16.7. The van der Waals surface area contributed by atoms with Crippen LogP contribution in [0.2, 0.25) is 0 Å². The van der Waals surface area contributed by atoms with Crippen molar-refractivity contribution >= 4 is 16.2 Å². The third-order valence-electron chi connectivity index (χ3n) is 4.16. The zero-order valence-corrected chi connectivity index (χ0v) is 13.2. The number of carbonyl (C=O) groups is 1. The van der Waals surface area contributed by atoms with Crippen molar-refractivity contribution in [1.82, 2.24) is 8.61 Å². The molecular weight excluding hydrogens is 296 g/mol. The Kier molecular flexibility index (Phi) is 5.59. The van der Waals surface area contributed by atoms with Gasteiger partial charge in [0.15, 0.2) is 0 Å². The number of esters is 1. The second-order valence-electron chi connectivity index (χ2n) is 5.65. The molecule has 1 N–H and O–H groups in total. The van der Waals surface area contributed by atoms with Crippen molar-refractivity contribution in [3.63, 3.8) is 0 Å². The number of ether oxygens (including phenoxy) is 1. The van der Waals surface area contributed by atoms with Crippen LogP contribution in [0.3, 0.4) is 0 Å². The summed E-state index contributed by atoms with van der Waals surface area (Å²) in [7, 11) is -3.54. The molecule has 0 radical (unpaired) electrons. The third-order valence-corrected chi connectivity index (χ3v) is 6.13. The van der Waals surface area contributed by atoms with E-state index in [0.717, 1.165) is 0 Å². The minimum Gasteiger partial charge on any atom is -0.466 e. The molecule has 2 rings (SSSR count). The molecule has 0 spiro atoms. The zero-order valence-electron chi connectivity index (χ0n) is 12.4. The molecule has 0 aromatic carbocycles. The van der Waals surface area contributed by atoms with Crippen molar-refractivity contribution < 1.29 is 23.1 Å². The summed E-state index contributed by atoms with van der Waals surface area (Å²) in [5.41, 5.74) is 0. The lowest BCUT2D eigenvalue weighted by Gasteiger charge is -2.33. The van der Waals surface area contributed by atoms with Crippen molar-refractivity contribution in [2.75, 3.05) is 39.4 Å². The lowest BCUT2D eigenvalue weighted by molar-refractivity contribution is -0.149. The highest BCUT2D eigenvalue weighted by Gasteiger charge is 2.39. The highest BCUT2D eigenvalue weighted by Crippen LogP contribution is 2.26. The van der Waals surface area contributed by atoms with Gasteiger partial charge in [-0.2, -0.15) is 17.0 Å². The molecule has 0 aromatic heterocycles. The Hall–Kier alpha value is -0.700. The Morgan fingerprint density at radius 1 is 1.24 bits per heavy atom. The predicted octanol–water partition coefficient (Wildman–Crippen LogP) is -0.179. The lowest BCUT2D eigenvalue weighted by atomic mass is 10.0. The average molecular weight is 320 g/mol. The first-order valence-corrected chi connectivity index (χ1v) is 8.91. The molecule has 2 aliphatic heterocycles. The molecular formula is C13H24N2O5S. The quantitative estimate of drug-likeness (QED) is 0.710. The van der Waals surface area contributed by atoms with Crippen LogP contribution < -0.4 is 0 Å². The molecule has 2 heterocycles. The Labute approximate surface area is 126 Å². The van der Waals surface area contributed by atoms with Gasteiger partial charge >= 0.3 is 5.97 Å². The van der Waals surface area contributed by atoms with Crippen LogP contribution in [0, 0.1) is 11.8 Å². The van der Waals surface area contributed by atoms with E-state index in [1.54, 1.807) is 6.92 Å².